The van der Waals surface area contributed by atoms with Crippen LogP contribution >= 0.6 is 0 Å². The van der Waals surface area contributed by atoms with Gasteiger partial charge in [0.25, 0.3) is 20.2 Å². The molecule has 57 heavy (non-hydrogen) atoms. The number of nitrogens with zero attached hydrogens (tertiary/aromatic N) is 4. The second-order valence-electron chi connectivity index (χ2n) is 11.8. The van der Waals surface area contributed by atoms with Crippen molar-refractivity contribution in [3.05, 3.63) is 83.9 Å². The van der Waals surface area contributed by atoms with Crippen LogP contribution in [0.5, 0.6) is 34.5 Å². The van der Waals surface area contributed by atoms with E-state index < -0.39 is 110 Å². The third-order valence-corrected chi connectivity index (χ3v) is 9.83. The van der Waals surface area contributed by atoms with Crippen molar-refractivity contribution in [3.8, 4) is 34.5 Å². The van der Waals surface area contributed by atoms with Gasteiger partial charge in [-0.3, -0.25) is 9.11 Å². The molecule has 0 amide bonds. The van der Waals surface area contributed by atoms with Crippen LogP contribution in [0.1, 0.15) is 20.7 Å². The zero-order valence-corrected chi connectivity index (χ0v) is 29.6. The highest BCUT2D eigenvalue weighted by Gasteiger charge is 2.25. The molecule has 292 valence electrons. The second kappa shape index (κ2) is 14.2. The lowest BCUT2D eigenvalue weighted by Gasteiger charge is -2.13. The van der Waals surface area contributed by atoms with E-state index in [1.165, 1.54) is 36.4 Å². The molecule has 11 N–H and O–H groups in total. The van der Waals surface area contributed by atoms with E-state index >= 15 is 0 Å². The molecule has 0 aromatic heterocycles. The second-order valence-corrected chi connectivity index (χ2v) is 14.6. The van der Waals surface area contributed by atoms with Gasteiger partial charge in [0.15, 0.2) is 34.5 Å². The third-order valence-electron chi connectivity index (χ3n) is 8.10. The topological polar surface area (TPSA) is 366 Å². The van der Waals surface area contributed by atoms with Gasteiger partial charge < -0.3 is 46.2 Å². The van der Waals surface area contributed by atoms with E-state index in [1.807, 2.05) is 0 Å². The van der Waals surface area contributed by atoms with Crippen LogP contribution in [0.15, 0.2) is 103 Å². The van der Waals surface area contributed by atoms with Gasteiger partial charge in [0.05, 0.1) is 11.1 Å². The number of carbonyl (C=O) groups is 2. The lowest BCUT2D eigenvalue weighted by atomic mass is 10.1. The van der Waals surface area contributed by atoms with E-state index in [1.54, 1.807) is 0 Å². The van der Waals surface area contributed by atoms with E-state index in [0.29, 0.717) is 0 Å². The highest BCUT2D eigenvalue weighted by molar-refractivity contribution is 7.86. The number of aromatic carboxylic acids is 2. The van der Waals surface area contributed by atoms with Gasteiger partial charge in [-0.25, -0.2) is 9.59 Å². The van der Waals surface area contributed by atoms with Crippen LogP contribution in [0.2, 0.25) is 0 Å². The first-order chi connectivity index (χ1) is 26.6. The van der Waals surface area contributed by atoms with Crippen molar-refractivity contribution in [2.24, 2.45) is 20.5 Å². The van der Waals surface area contributed by atoms with Gasteiger partial charge in [0.2, 0.25) is 0 Å². The van der Waals surface area contributed by atoms with Crippen LogP contribution in [-0.2, 0) is 20.2 Å². The molecule has 0 unspecified atom stereocenters. The highest BCUT2D eigenvalue weighted by Crippen LogP contribution is 2.46. The first kappa shape index (κ1) is 39.1. The molecule has 0 heterocycles. The summed E-state index contributed by atoms with van der Waals surface area (Å²) in [6.45, 7) is 0. The smallest absolute Gasteiger partial charge is 0.335 e. The number of nitrogens with one attached hydrogen (secondary N) is 1. The number of hydrogen-bond acceptors (Lipinski definition) is 17. The number of benzene rings is 6. The number of carboxylic acid groups (broad SMARTS) is 2. The maximum atomic E-state index is 12.4. The monoisotopic (exact) mass is 821 g/mol. The number of carboxylic acids is 2. The Balaban J connectivity index is 1.38. The summed E-state index contributed by atoms with van der Waals surface area (Å²) in [6, 6.07) is 12.9. The number of phenolic OH excluding ortho intramolecular Hbond substituents is 6. The van der Waals surface area contributed by atoms with Gasteiger partial charge in [-0.1, -0.05) is 0 Å². The number of phenols is 6. The first-order valence-corrected chi connectivity index (χ1v) is 18.3. The molecule has 0 saturated carbocycles. The summed E-state index contributed by atoms with van der Waals surface area (Å²) < 4.78 is 69.5. The standard InChI is InChI=1S/C34H23N5O16S2/c40-23-9-15(33(46)47)7-21(31(23)44)36-38-27-25(56(50,51)52)11-13-5-17(1-3-19(13)29(27)42)35-18-2-4-20-14(6-18)12-26(57(53,54)55)28(30(20)43)39-37-22-8-16(34(48)49)10-24(41)32(22)45/h1-12,35,40-45H,(H,46,47)(H,48,49)(H,50,51,52)(H,53,54,55). The quantitative estimate of drug-likeness (QED) is 0.0389. The van der Waals surface area contributed by atoms with Gasteiger partial charge in [-0.2, -0.15) is 16.8 Å². The van der Waals surface area contributed by atoms with Crippen molar-refractivity contribution in [2.45, 2.75) is 9.79 Å². The van der Waals surface area contributed by atoms with E-state index in [9.17, 15) is 76.4 Å². The summed E-state index contributed by atoms with van der Waals surface area (Å²) in [5.41, 5.74) is -3.45. The molecule has 23 heteroatoms. The van der Waals surface area contributed by atoms with E-state index in [0.717, 1.165) is 36.4 Å². The Morgan fingerprint density at radius 2 is 0.860 bits per heavy atom. The van der Waals surface area contributed by atoms with Crippen molar-refractivity contribution in [2.75, 3.05) is 5.32 Å². The van der Waals surface area contributed by atoms with E-state index in [2.05, 4.69) is 25.8 Å². The van der Waals surface area contributed by atoms with Crippen LogP contribution in [0.3, 0.4) is 0 Å². The molecule has 0 fully saturated rings. The molecule has 6 aromatic carbocycles. The lowest BCUT2D eigenvalue weighted by Crippen LogP contribution is -2.00. The van der Waals surface area contributed by atoms with Crippen LogP contribution in [0, 0.1) is 0 Å². The van der Waals surface area contributed by atoms with Gasteiger partial charge in [-0.05, 0) is 83.6 Å². The van der Waals surface area contributed by atoms with E-state index in [4.69, 9.17) is 0 Å². The first-order valence-electron chi connectivity index (χ1n) is 15.4. The number of fused-ring (bicyclic) bond motifs is 2. The predicted molar refractivity (Wildman–Crippen MR) is 196 cm³/mol. The molecule has 0 aliphatic carbocycles. The molecular weight excluding hydrogens is 799 g/mol. The molecule has 0 bridgehead atoms. The average molecular weight is 822 g/mol. The van der Waals surface area contributed by atoms with Crippen molar-refractivity contribution in [1.82, 2.24) is 0 Å². The number of hydrogen-bond donors (Lipinski definition) is 11. The fourth-order valence-corrected chi connectivity index (χ4v) is 6.74. The van der Waals surface area contributed by atoms with Gasteiger partial charge in [0, 0.05) is 22.1 Å². The Hall–Kier alpha value is -7.60. The fraction of sp³-hybridized carbons (Fsp3) is 0. The summed E-state index contributed by atoms with van der Waals surface area (Å²) in [5.74, 6) is -8.26. The molecule has 21 nitrogen and oxygen atoms in total. The lowest BCUT2D eigenvalue weighted by molar-refractivity contribution is 0.0685. The van der Waals surface area contributed by atoms with Crippen LogP contribution in [0.25, 0.3) is 21.5 Å². The van der Waals surface area contributed by atoms with Gasteiger partial charge >= 0.3 is 11.9 Å². The fourth-order valence-electron chi connectivity index (χ4n) is 5.43. The molecule has 0 spiro atoms. The largest absolute Gasteiger partial charge is 0.505 e. The predicted octanol–water partition coefficient (Wildman–Crippen LogP) is 6.69. The van der Waals surface area contributed by atoms with Crippen molar-refractivity contribution < 1.29 is 76.4 Å². The van der Waals surface area contributed by atoms with Gasteiger partial charge in [0.1, 0.15) is 32.5 Å². The molecule has 6 aromatic rings. The minimum Gasteiger partial charge on any atom is -0.505 e. The summed E-state index contributed by atoms with van der Waals surface area (Å²) in [7, 11) is -10.3. The number of azo groups is 2. The van der Waals surface area contributed by atoms with Crippen molar-refractivity contribution in [3.63, 3.8) is 0 Å². The Bertz CT molecular complexity index is 2820. The summed E-state index contributed by atoms with van der Waals surface area (Å²) in [4.78, 5) is 20.8. The molecule has 0 saturated heterocycles. The Morgan fingerprint density at radius 3 is 1.19 bits per heavy atom. The molecule has 0 aliphatic rings. The van der Waals surface area contributed by atoms with Gasteiger partial charge in [-0.15, -0.1) is 20.5 Å². The maximum Gasteiger partial charge on any atom is 0.335 e. The third kappa shape index (κ3) is 7.69. The van der Waals surface area contributed by atoms with E-state index in [-0.39, 0.29) is 32.9 Å². The van der Waals surface area contributed by atoms with Crippen LogP contribution < -0.4 is 5.32 Å². The number of aromatic hydroxyl groups is 6. The highest BCUT2D eigenvalue weighted by atomic mass is 32.2. The normalized spacial score (nSPS) is 12.2. The zero-order chi connectivity index (χ0) is 41.7. The maximum absolute atomic E-state index is 12.4. The molecule has 0 aliphatic heterocycles. The summed E-state index contributed by atoms with van der Waals surface area (Å²) in [5, 5.41) is 97.8. The average Bonchev–Trinajstić information content (AvgIpc) is 3.12. The zero-order valence-electron chi connectivity index (χ0n) is 28.0. The van der Waals surface area contributed by atoms with Crippen molar-refractivity contribution in [1.29, 1.82) is 0 Å². The minimum atomic E-state index is -5.14. The Labute approximate surface area is 317 Å². The van der Waals surface area contributed by atoms with Crippen LogP contribution in [0.4, 0.5) is 34.1 Å². The minimum absolute atomic E-state index is 0.00721. The molecule has 6 rings (SSSR count). The van der Waals surface area contributed by atoms with Crippen LogP contribution in [-0.4, -0.2) is 78.7 Å². The Morgan fingerprint density at radius 1 is 0.491 bits per heavy atom. The number of rotatable bonds is 10. The molecular formula is C34H23N5O16S2. The SMILES string of the molecule is O=C(O)c1cc(O)c(O)c(N=Nc2c(S(=O)(=O)O)cc3cc(Nc4ccc5c(O)c(N=Nc6cc(C(=O)O)cc(O)c6O)c(S(=O)(=O)O)cc5c4)ccc3c2O)c1. The van der Waals surface area contributed by atoms with Crippen molar-refractivity contribution >= 4 is 87.8 Å². The Kier molecular flexibility index (Phi) is 9.77. The summed E-state index contributed by atoms with van der Waals surface area (Å²) >= 11 is 0. The summed E-state index contributed by atoms with van der Waals surface area (Å²) in [6.07, 6.45) is 0. The molecule has 0 atom stereocenters. The number of anilines is 2. The molecule has 0 radical (unpaired) electrons.